The minimum Gasteiger partial charge on any atom is -0.507 e. The number of aromatic hydroxyl groups is 1. The number of hydrogen-bond acceptors (Lipinski definition) is 8. The van der Waals surface area contributed by atoms with Crippen LogP contribution in [-0.4, -0.2) is 78.0 Å². The summed E-state index contributed by atoms with van der Waals surface area (Å²) < 4.78 is 12.2. The van der Waals surface area contributed by atoms with Crippen molar-refractivity contribution in [3.8, 4) is 22.8 Å². The fourth-order valence-electron chi connectivity index (χ4n) is 5.80. The monoisotopic (exact) mass is 569 g/mol. The number of benzene rings is 2. The first-order valence-corrected chi connectivity index (χ1v) is 14.3. The fraction of sp³-hybridized carbons (Fsp3) is 0.467. The largest absolute Gasteiger partial charge is 0.507 e. The predicted octanol–water partition coefficient (Wildman–Crippen LogP) is 4.56. The van der Waals surface area contributed by atoms with Gasteiger partial charge in [0.05, 0.1) is 11.1 Å². The first-order valence-electron chi connectivity index (χ1n) is 13.9. The molecule has 0 bridgehead atoms. The van der Waals surface area contributed by atoms with Gasteiger partial charge >= 0.3 is 6.09 Å². The van der Waals surface area contributed by atoms with Crippen LogP contribution >= 0.6 is 11.6 Å². The van der Waals surface area contributed by atoms with E-state index >= 15 is 0 Å². The summed E-state index contributed by atoms with van der Waals surface area (Å²) in [6.07, 6.45) is 2.35. The standard InChI is InChI=1S/C30H36ClN3O6/c1-3-34(16-18-8-6-7-12-32-18)30(38)40-26-15-23(36)28-22(35)14-25(19-9-4-5-10-21(19)31)39-29(28)27(26)20-11-13-33(2)17-24(20)37/h4-5,9-10,14-15,18,20,24,32,36-37H,3,6-8,11-13,16-17H2,1-2H3/t18-,20+,24-/m1/s1. The Morgan fingerprint density at radius 2 is 2.05 bits per heavy atom. The molecule has 40 heavy (non-hydrogen) atoms. The van der Waals surface area contributed by atoms with Crippen LogP contribution in [0.15, 0.2) is 45.6 Å². The number of aliphatic hydroxyl groups excluding tert-OH is 1. The number of fused-ring (bicyclic) bond motifs is 1. The van der Waals surface area contributed by atoms with Crippen LogP contribution in [0.5, 0.6) is 11.5 Å². The Hall–Kier alpha value is -3.11. The van der Waals surface area contributed by atoms with Crippen molar-refractivity contribution in [2.75, 3.05) is 39.8 Å². The Kier molecular flexibility index (Phi) is 8.65. The zero-order valence-corrected chi connectivity index (χ0v) is 23.6. The van der Waals surface area contributed by atoms with Gasteiger partial charge in [-0.15, -0.1) is 0 Å². The molecule has 3 aromatic rings. The molecule has 1 amide bonds. The molecular formula is C30H36ClN3O6. The Bertz CT molecular complexity index is 1440. The van der Waals surface area contributed by atoms with E-state index in [1.807, 2.05) is 18.9 Å². The Morgan fingerprint density at radius 1 is 1.25 bits per heavy atom. The SMILES string of the molecule is CCN(C[C@H]1CCCCN1)C(=O)Oc1cc(O)c2c(=O)cc(-c3ccccc3Cl)oc2c1[C@H]1CCN(C)C[C@H]1O. The highest BCUT2D eigenvalue weighted by Crippen LogP contribution is 2.43. The molecule has 0 radical (unpaired) electrons. The number of carbonyl (C=O) groups is 1. The average Bonchev–Trinajstić information content (AvgIpc) is 2.93. The van der Waals surface area contributed by atoms with Crippen molar-refractivity contribution in [3.05, 3.63) is 57.2 Å². The minimum atomic E-state index is -0.813. The van der Waals surface area contributed by atoms with E-state index in [4.69, 9.17) is 20.8 Å². The number of rotatable bonds is 6. The van der Waals surface area contributed by atoms with Gasteiger partial charge in [-0.2, -0.15) is 0 Å². The third-order valence-corrected chi connectivity index (χ3v) is 8.30. The third kappa shape index (κ3) is 5.83. The number of carbonyl (C=O) groups excluding carboxylic acids is 1. The van der Waals surface area contributed by atoms with Crippen LogP contribution in [0.2, 0.25) is 5.02 Å². The Labute approximate surface area is 238 Å². The molecule has 2 fully saturated rings. The number of aliphatic hydroxyl groups is 1. The number of likely N-dealkylation sites (tertiary alicyclic amines) is 1. The van der Waals surface area contributed by atoms with Crippen molar-refractivity contribution in [1.29, 1.82) is 0 Å². The fourth-order valence-corrected chi connectivity index (χ4v) is 6.03. The van der Waals surface area contributed by atoms with Gasteiger partial charge in [-0.05, 0) is 58.5 Å². The second-order valence-electron chi connectivity index (χ2n) is 10.7. The Balaban J connectivity index is 1.62. The van der Waals surface area contributed by atoms with Crippen LogP contribution < -0.4 is 15.5 Å². The summed E-state index contributed by atoms with van der Waals surface area (Å²) in [6, 6.07) is 9.74. The number of nitrogens with one attached hydrogen (secondary N) is 1. The topological polar surface area (TPSA) is 115 Å². The molecule has 0 spiro atoms. The zero-order chi connectivity index (χ0) is 28.4. The highest BCUT2D eigenvalue weighted by atomic mass is 35.5. The highest BCUT2D eigenvalue weighted by molar-refractivity contribution is 6.33. The van der Waals surface area contributed by atoms with E-state index in [0.29, 0.717) is 48.7 Å². The molecule has 9 nitrogen and oxygen atoms in total. The quantitative estimate of drug-likeness (QED) is 0.396. The summed E-state index contributed by atoms with van der Waals surface area (Å²) in [7, 11) is 1.92. The molecule has 0 saturated carbocycles. The average molecular weight is 570 g/mol. The van der Waals surface area contributed by atoms with E-state index in [-0.39, 0.29) is 34.3 Å². The van der Waals surface area contributed by atoms with Crippen LogP contribution in [0.25, 0.3) is 22.3 Å². The van der Waals surface area contributed by atoms with Crippen molar-refractivity contribution in [2.24, 2.45) is 0 Å². The van der Waals surface area contributed by atoms with Crippen LogP contribution in [0.1, 0.15) is 44.1 Å². The summed E-state index contributed by atoms with van der Waals surface area (Å²) in [4.78, 5) is 30.4. The van der Waals surface area contributed by atoms with Gasteiger partial charge < -0.3 is 34.5 Å². The summed E-state index contributed by atoms with van der Waals surface area (Å²) >= 11 is 6.42. The third-order valence-electron chi connectivity index (χ3n) is 7.97. The van der Waals surface area contributed by atoms with E-state index in [1.165, 1.54) is 12.1 Å². The second kappa shape index (κ2) is 12.2. The maximum atomic E-state index is 13.4. The predicted molar refractivity (Wildman–Crippen MR) is 154 cm³/mol. The molecule has 2 aromatic carbocycles. The molecule has 3 heterocycles. The number of ether oxygens (including phenoxy) is 1. The number of amides is 1. The van der Waals surface area contributed by atoms with Gasteiger partial charge in [0.1, 0.15) is 28.2 Å². The van der Waals surface area contributed by atoms with Crippen molar-refractivity contribution >= 4 is 28.7 Å². The molecule has 3 N–H and O–H groups in total. The molecule has 10 heteroatoms. The minimum absolute atomic E-state index is 0.0320. The number of halogens is 1. The molecular weight excluding hydrogens is 534 g/mol. The van der Waals surface area contributed by atoms with Gasteiger partial charge in [0.15, 0.2) is 5.43 Å². The number of nitrogens with zero attached hydrogens (tertiary/aromatic N) is 2. The molecule has 2 aliphatic heterocycles. The summed E-state index contributed by atoms with van der Waals surface area (Å²) in [5.41, 5.74) is 0.515. The van der Waals surface area contributed by atoms with Crippen LogP contribution in [0.3, 0.4) is 0 Å². The molecule has 0 aliphatic carbocycles. The highest BCUT2D eigenvalue weighted by Gasteiger charge is 2.35. The van der Waals surface area contributed by atoms with Gasteiger partial charge in [-0.25, -0.2) is 4.79 Å². The number of likely N-dealkylation sites (N-methyl/N-ethyl adjacent to an activating group) is 2. The maximum absolute atomic E-state index is 13.4. The van der Waals surface area contributed by atoms with Gasteiger partial charge in [-0.1, -0.05) is 30.2 Å². The van der Waals surface area contributed by atoms with E-state index in [2.05, 4.69) is 5.32 Å². The molecule has 5 rings (SSSR count). The van der Waals surface area contributed by atoms with Crippen molar-refractivity contribution in [3.63, 3.8) is 0 Å². The van der Waals surface area contributed by atoms with Crippen molar-refractivity contribution in [2.45, 2.75) is 50.7 Å². The van der Waals surface area contributed by atoms with Crippen LogP contribution in [-0.2, 0) is 0 Å². The van der Waals surface area contributed by atoms with Gasteiger partial charge in [-0.3, -0.25) is 4.79 Å². The lowest BCUT2D eigenvalue weighted by atomic mass is 9.85. The summed E-state index contributed by atoms with van der Waals surface area (Å²) in [6.45, 7) is 4.81. The number of phenols is 1. The molecule has 1 aromatic heterocycles. The maximum Gasteiger partial charge on any atom is 0.415 e. The summed E-state index contributed by atoms with van der Waals surface area (Å²) in [5.74, 6) is -0.575. The molecule has 3 atom stereocenters. The Morgan fingerprint density at radius 3 is 2.75 bits per heavy atom. The van der Waals surface area contributed by atoms with E-state index in [0.717, 1.165) is 25.8 Å². The molecule has 214 valence electrons. The second-order valence-corrected chi connectivity index (χ2v) is 11.2. The summed E-state index contributed by atoms with van der Waals surface area (Å²) in [5, 5.41) is 25.9. The zero-order valence-electron chi connectivity index (χ0n) is 22.9. The van der Waals surface area contributed by atoms with Gasteiger partial charge in [0.25, 0.3) is 0 Å². The number of hydrogen-bond donors (Lipinski definition) is 3. The van der Waals surface area contributed by atoms with Gasteiger partial charge in [0.2, 0.25) is 0 Å². The van der Waals surface area contributed by atoms with E-state index < -0.39 is 23.5 Å². The van der Waals surface area contributed by atoms with E-state index in [9.17, 15) is 19.8 Å². The first-order chi connectivity index (χ1) is 19.3. The normalized spacial score (nSPS) is 21.9. The lowest BCUT2D eigenvalue weighted by molar-refractivity contribution is 0.0627. The van der Waals surface area contributed by atoms with Gasteiger partial charge in [0, 0.05) is 54.9 Å². The van der Waals surface area contributed by atoms with E-state index in [1.54, 1.807) is 29.2 Å². The lowest BCUT2D eigenvalue weighted by Crippen LogP contribution is -2.46. The van der Waals surface area contributed by atoms with Crippen LogP contribution in [0.4, 0.5) is 4.79 Å². The smallest absolute Gasteiger partial charge is 0.415 e. The molecule has 2 aliphatic rings. The number of phenolic OH excluding ortho intramolecular Hbond substituents is 1. The van der Waals surface area contributed by atoms with Crippen LogP contribution in [0, 0.1) is 0 Å². The molecule has 0 unspecified atom stereocenters. The van der Waals surface area contributed by atoms with Crippen molar-refractivity contribution in [1.82, 2.24) is 15.1 Å². The lowest BCUT2D eigenvalue weighted by Gasteiger charge is -2.35. The number of β-amino-alcohol motifs (C(OH)–C–C–N with tert-alkyl or cyclic N) is 1. The first kappa shape index (κ1) is 28.4. The van der Waals surface area contributed by atoms with Crippen molar-refractivity contribution < 1.29 is 24.2 Å². The number of piperidine rings is 2. The molecule has 2 saturated heterocycles.